The summed E-state index contributed by atoms with van der Waals surface area (Å²) in [4.78, 5) is 12.1. The third-order valence-corrected chi connectivity index (χ3v) is 2.71. The molecule has 0 saturated carbocycles. The predicted molar refractivity (Wildman–Crippen MR) is 65.9 cm³/mol. The van der Waals surface area contributed by atoms with Crippen molar-refractivity contribution in [3.05, 3.63) is 47.8 Å². The minimum Gasteiger partial charge on any atom is -0.465 e. The van der Waals surface area contributed by atoms with Crippen LogP contribution in [0.25, 0.3) is 0 Å². The topological polar surface area (TPSA) is 57.0 Å². The first-order chi connectivity index (χ1) is 9.13. The van der Waals surface area contributed by atoms with E-state index in [4.69, 9.17) is 4.74 Å². The number of aromatic nitrogens is 3. The third-order valence-electron chi connectivity index (χ3n) is 2.71. The number of nitrogens with zero attached hydrogens (tertiary/aromatic N) is 3. The van der Waals surface area contributed by atoms with Crippen molar-refractivity contribution in [3.63, 3.8) is 0 Å². The highest BCUT2D eigenvalue weighted by Gasteiger charge is 2.28. The lowest BCUT2D eigenvalue weighted by molar-refractivity contribution is -0.144. The highest BCUT2D eigenvalue weighted by molar-refractivity contribution is 5.81. The summed E-state index contributed by atoms with van der Waals surface area (Å²) in [6, 6.07) is 5.84. The molecule has 0 bridgehead atoms. The van der Waals surface area contributed by atoms with Gasteiger partial charge in [-0.25, -0.2) is 4.39 Å². The zero-order valence-electron chi connectivity index (χ0n) is 10.7. The number of esters is 1. The van der Waals surface area contributed by atoms with E-state index < -0.39 is 17.7 Å². The monoisotopic (exact) mass is 263 g/mol. The van der Waals surface area contributed by atoms with Crippen molar-refractivity contribution in [2.75, 3.05) is 6.61 Å². The number of ether oxygens (including phenoxy) is 1. The standard InChI is InChI=1S/C13H14FN3O2/c1-3-19-13(18)11(12-16-15-8-17(12)2)9-5-4-6-10(14)7-9/h4-8,11H,3H2,1-2H3. The number of carbonyl (C=O) groups is 1. The van der Waals surface area contributed by atoms with Crippen LogP contribution in [0.5, 0.6) is 0 Å². The van der Waals surface area contributed by atoms with Crippen LogP contribution in [0, 0.1) is 5.82 Å². The molecule has 0 radical (unpaired) electrons. The molecule has 1 aromatic carbocycles. The Morgan fingerprint density at radius 3 is 2.89 bits per heavy atom. The number of carbonyl (C=O) groups excluding carboxylic acids is 1. The van der Waals surface area contributed by atoms with Gasteiger partial charge in [0.2, 0.25) is 0 Å². The summed E-state index contributed by atoms with van der Waals surface area (Å²) in [5, 5.41) is 7.66. The van der Waals surface area contributed by atoms with E-state index in [2.05, 4.69) is 10.2 Å². The second-order valence-electron chi connectivity index (χ2n) is 4.04. The zero-order valence-corrected chi connectivity index (χ0v) is 10.7. The molecule has 1 aromatic heterocycles. The zero-order chi connectivity index (χ0) is 13.8. The first-order valence-electron chi connectivity index (χ1n) is 5.89. The second kappa shape index (κ2) is 5.60. The van der Waals surface area contributed by atoms with Gasteiger partial charge in [0.25, 0.3) is 0 Å². The van der Waals surface area contributed by atoms with Gasteiger partial charge in [0.05, 0.1) is 6.61 Å². The maximum Gasteiger partial charge on any atom is 0.321 e. The molecule has 0 spiro atoms. The van der Waals surface area contributed by atoms with Gasteiger partial charge in [-0.2, -0.15) is 0 Å². The molecule has 1 unspecified atom stereocenters. The molecule has 1 atom stereocenters. The summed E-state index contributed by atoms with van der Waals surface area (Å²) in [6.07, 6.45) is 1.49. The van der Waals surface area contributed by atoms with Crippen molar-refractivity contribution in [2.24, 2.45) is 7.05 Å². The molecule has 0 N–H and O–H groups in total. The Balaban J connectivity index is 2.46. The van der Waals surface area contributed by atoms with E-state index >= 15 is 0 Å². The van der Waals surface area contributed by atoms with Crippen molar-refractivity contribution in [1.29, 1.82) is 0 Å². The summed E-state index contributed by atoms with van der Waals surface area (Å²) >= 11 is 0. The van der Waals surface area contributed by atoms with Gasteiger partial charge in [-0.15, -0.1) is 10.2 Å². The van der Waals surface area contributed by atoms with E-state index in [-0.39, 0.29) is 6.61 Å². The molecule has 6 heteroatoms. The molecule has 0 saturated heterocycles. The largest absolute Gasteiger partial charge is 0.465 e. The highest BCUT2D eigenvalue weighted by Crippen LogP contribution is 2.24. The van der Waals surface area contributed by atoms with Gasteiger partial charge in [0.15, 0.2) is 5.82 Å². The molecule has 0 amide bonds. The molecule has 19 heavy (non-hydrogen) atoms. The van der Waals surface area contributed by atoms with E-state index in [1.165, 1.54) is 18.5 Å². The number of rotatable bonds is 4. The van der Waals surface area contributed by atoms with Crippen LogP contribution in [0.15, 0.2) is 30.6 Å². The third kappa shape index (κ3) is 2.78. The van der Waals surface area contributed by atoms with Crippen LogP contribution in [-0.2, 0) is 16.6 Å². The SMILES string of the molecule is CCOC(=O)C(c1cccc(F)c1)c1nncn1C. The van der Waals surface area contributed by atoms with Gasteiger partial charge in [-0.05, 0) is 24.6 Å². The van der Waals surface area contributed by atoms with Crippen molar-refractivity contribution in [2.45, 2.75) is 12.8 Å². The van der Waals surface area contributed by atoms with Crippen LogP contribution in [0.2, 0.25) is 0 Å². The van der Waals surface area contributed by atoms with Crippen molar-refractivity contribution in [3.8, 4) is 0 Å². The normalized spacial score (nSPS) is 12.2. The summed E-state index contributed by atoms with van der Waals surface area (Å²) in [7, 11) is 1.72. The fraction of sp³-hybridized carbons (Fsp3) is 0.308. The molecule has 0 aliphatic rings. The van der Waals surface area contributed by atoms with Crippen molar-refractivity contribution >= 4 is 5.97 Å². The second-order valence-corrected chi connectivity index (χ2v) is 4.04. The summed E-state index contributed by atoms with van der Waals surface area (Å²) < 4.78 is 20.0. The summed E-state index contributed by atoms with van der Waals surface area (Å²) in [6.45, 7) is 1.97. The Morgan fingerprint density at radius 2 is 2.32 bits per heavy atom. The minimum atomic E-state index is -0.775. The van der Waals surface area contributed by atoms with Gasteiger partial charge >= 0.3 is 5.97 Å². The first-order valence-corrected chi connectivity index (χ1v) is 5.89. The lowest BCUT2D eigenvalue weighted by Crippen LogP contribution is -2.20. The van der Waals surface area contributed by atoms with E-state index in [1.54, 1.807) is 30.7 Å². The van der Waals surface area contributed by atoms with Gasteiger partial charge < -0.3 is 9.30 Å². The van der Waals surface area contributed by atoms with E-state index in [9.17, 15) is 9.18 Å². The molecule has 0 fully saturated rings. The summed E-state index contributed by atoms with van der Waals surface area (Å²) in [5.41, 5.74) is 0.495. The van der Waals surface area contributed by atoms with Crippen molar-refractivity contribution < 1.29 is 13.9 Å². The lowest BCUT2D eigenvalue weighted by Gasteiger charge is -2.15. The maximum absolute atomic E-state index is 13.3. The Kier molecular flexibility index (Phi) is 3.89. The fourth-order valence-electron chi connectivity index (χ4n) is 1.86. The maximum atomic E-state index is 13.3. The number of benzene rings is 1. The number of hydrogen-bond donors (Lipinski definition) is 0. The Bertz CT molecular complexity index is 583. The van der Waals surface area contributed by atoms with Crippen LogP contribution in [-0.4, -0.2) is 27.3 Å². The lowest BCUT2D eigenvalue weighted by atomic mass is 9.98. The Morgan fingerprint density at radius 1 is 1.53 bits per heavy atom. The molecule has 2 rings (SSSR count). The quantitative estimate of drug-likeness (QED) is 0.787. The van der Waals surface area contributed by atoms with Gasteiger partial charge in [-0.3, -0.25) is 4.79 Å². The molecular formula is C13H14FN3O2. The fourth-order valence-corrected chi connectivity index (χ4v) is 1.86. The number of halogens is 1. The van der Waals surface area contributed by atoms with Crippen LogP contribution >= 0.6 is 0 Å². The summed E-state index contributed by atoms with van der Waals surface area (Å²) in [5.74, 6) is -1.23. The van der Waals surface area contributed by atoms with Crippen molar-refractivity contribution in [1.82, 2.24) is 14.8 Å². The number of aryl methyl sites for hydroxylation is 1. The molecule has 1 heterocycles. The van der Waals surface area contributed by atoms with Gasteiger partial charge in [0.1, 0.15) is 18.1 Å². The average Bonchev–Trinajstić information content (AvgIpc) is 2.77. The predicted octanol–water partition coefficient (Wildman–Crippen LogP) is 1.65. The Hall–Kier alpha value is -2.24. The van der Waals surface area contributed by atoms with Crippen LogP contribution < -0.4 is 0 Å². The van der Waals surface area contributed by atoms with E-state index in [1.807, 2.05) is 0 Å². The van der Waals surface area contributed by atoms with E-state index in [0.717, 1.165) is 0 Å². The molecule has 2 aromatic rings. The Labute approximate surface area is 110 Å². The number of hydrogen-bond acceptors (Lipinski definition) is 4. The molecule has 0 aliphatic carbocycles. The molecular weight excluding hydrogens is 249 g/mol. The smallest absolute Gasteiger partial charge is 0.321 e. The average molecular weight is 263 g/mol. The van der Waals surface area contributed by atoms with Gasteiger partial charge in [-0.1, -0.05) is 12.1 Å². The molecule has 100 valence electrons. The molecule has 5 nitrogen and oxygen atoms in total. The first kappa shape index (κ1) is 13.2. The van der Waals surface area contributed by atoms with Crippen LogP contribution in [0.4, 0.5) is 4.39 Å². The minimum absolute atomic E-state index is 0.252. The van der Waals surface area contributed by atoms with Crippen LogP contribution in [0.3, 0.4) is 0 Å². The highest BCUT2D eigenvalue weighted by atomic mass is 19.1. The van der Waals surface area contributed by atoms with Gasteiger partial charge in [0, 0.05) is 7.05 Å². The van der Waals surface area contributed by atoms with E-state index in [0.29, 0.717) is 11.4 Å². The van der Waals surface area contributed by atoms with Crippen LogP contribution in [0.1, 0.15) is 24.2 Å². The molecule has 0 aliphatic heterocycles.